The first kappa shape index (κ1) is 17.7. The molecule has 1 aromatic carbocycles. The molecule has 0 radical (unpaired) electrons. The smallest absolute Gasteiger partial charge is 0.328 e. The van der Waals surface area contributed by atoms with Crippen molar-refractivity contribution in [3.05, 3.63) is 35.9 Å². The van der Waals surface area contributed by atoms with E-state index in [-0.39, 0.29) is 11.8 Å². The number of benzene rings is 1. The lowest BCUT2D eigenvalue weighted by Crippen LogP contribution is -2.52. The van der Waals surface area contributed by atoms with Crippen LogP contribution >= 0.6 is 0 Å². The van der Waals surface area contributed by atoms with Crippen molar-refractivity contribution >= 4 is 17.8 Å². The van der Waals surface area contributed by atoms with Gasteiger partial charge < -0.3 is 15.4 Å². The van der Waals surface area contributed by atoms with Crippen LogP contribution in [-0.4, -0.2) is 37.0 Å². The highest BCUT2D eigenvalue weighted by Crippen LogP contribution is 2.04. The number of methoxy groups -OCH3 is 1. The van der Waals surface area contributed by atoms with Gasteiger partial charge in [0.2, 0.25) is 5.91 Å². The first-order valence-corrected chi connectivity index (χ1v) is 7.11. The van der Waals surface area contributed by atoms with E-state index in [0.29, 0.717) is 5.56 Å². The summed E-state index contributed by atoms with van der Waals surface area (Å²) >= 11 is 0. The summed E-state index contributed by atoms with van der Waals surface area (Å²) < 4.78 is 4.66. The van der Waals surface area contributed by atoms with Gasteiger partial charge in [-0.05, 0) is 25.0 Å². The molecule has 6 nitrogen and oxygen atoms in total. The summed E-state index contributed by atoms with van der Waals surface area (Å²) in [5.41, 5.74) is 0.468. The molecule has 2 unspecified atom stereocenters. The topological polar surface area (TPSA) is 84.5 Å². The van der Waals surface area contributed by atoms with Crippen molar-refractivity contribution in [1.29, 1.82) is 0 Å². The van der Waals surface area contributed by atoms with Gasteiger partial charge in [0.05, 0.1) is 7.11 Å². The Morgan fingerprint density at radius 3 is 2.09 bits per heavy atom. The first-order chi connectivity index (χ1) is 10.4. The maximum atomic E-state index is 12.1. The second kappa shape index (κ2) is 8.17. The Morgan fingerprint density at radius 1 is 1.00 bits per heavy atom. The number of ether oxygens (including phenoxy) is 1. The lowest BCUT2D eigenvalue weighted by atomic mass is 10.0. The molecule has 6 heteroatoms. The molecule has 2 amide bonds. The maximum absolute atomic E-state index is 12.1. The summed E-state index contributed by atoms with van der Waals surface area (Å²) in [5.74, 6) is -1.41. The van der Waals surface area contributed by atoms with Crippen LogP contribution in [0.15, 0.2) is 30.3 Å². The zero-order chi connectivity index (χ0) is 16.7. The number of rotatable bonds is 6. The third-order valence-electron chi connectivity index (χ3n) is 3.20. The molecule has 0 saturated heterocycles. The number of hydrogen-bond acceptors (Lipinski definition) is 4. The molecule has 0 aliphatic rings. The molecule has 0 bridgehead atoms. The van der Waals surface area contributed by atoms with Crippen molar-refractivity contribution in [2.24, 2.45) is 5.92 Å². The fourth-order valence-electron chi connectivity index (χ4n) is 1.84. The molecule has 0 aromatic heterocycles. The number of nitrogens with one attached hydrogen (secondary N) is 2. The van der Waals surface area contributed by atoms with Crippen molar-refractivity contribution in [2.75, 3.05) is 7.11 Å². The molecule has 0 heterocycles. The first-order valence-electron chi connectivity index (χ1n) is 7.11. The number of carbonyl (C=O) groups is 3. The van der Waals surface area contributed by atoms with Crippen molar-refractivity contribution in [3.8, 4) is 0 Å². The Morgan fingerprint density at radius 2 is 1.59 bits per heavy atom. The molecule has 0 saturated carbocycles. The van der Waals surface area contributed by atoms with E-state index in [0.717, 1.165) is 0 Å². The average Bonchev–Trinajstić information content (AvgIpc) is 2.51. The predicted octanol–water partition coefficient (Wildman–Crippen LogP) is 1.12. The van der Waals surface area contributed by atoms with Gasteiger partial charge >= 0.3 is 5.97 Å². The molecule has 0 aliphatic heterocycles. The molecule has 120 valence electrons. The zero-order valence-electron chi connectivity index (χ0n) is 13.3. The molecular weight excluding hydrogens is 284 g/mol. The van der Waals surface area contributed by atoms with Crippen LogP contribution in [0.5, 0.6) is 0 Å². The fraction of sp³-hybridized carbons (Fsp3) is 0.438. The second-order valence-electron chi connectivity index (χ2n) is 5.31. The molecule has 1 aromatic rings. The van der Waals surface area contributed by atoms with Crippen molar-refractivity contribution < 1.29 is 19.1 Å². The number of carbonyl (C=O) groups excluding carboxylic acids is 3. The van der Waals surface area contributed by atoms with Crippen LogP contribution in [0.25, 0.3) is 0 Å². The van der Waals surface area contributed by atoms with Crippen LogP contribution in [0, 0.1) is 5.92 Å². The normalized spacial score (nSPS) is 13.1. The quantitative estimate of drug-likeness (QED) is 0.771. The van der Waals surface area contributed by atoms with E-state index in [2.05, 4.69) is 15.4 Å². The average molecular weight is 306 g/mol. The third kappa shape index (κ3) is 4.87. The summed E-state index contributed by atoms with van der Waals surface area (Å²) in [5, 5.41) is 5.19. The van der Waals surface area contributed by atoms with E-state index in [1.807, 2.05) is 0 Å². The van der Waals surface area contributed by atoms with E-state index in [1.165, 1.54) is 7.11 Å². The highest BCUT2D eigenvalue weighted by molar-refractivity contribution is 5.97. The van der Waals surface area contributed by atoms with E-state index < -0.39 is 24.0 Å². The van der Waals surface area contributed by atoms with Gasteiger partial charge in [0.25, 0.3) is 5.91 Å². The molecule has 0 fully saturated rings. The molecule has 2 N–H and O–H groups in total. The molecule has 1 rings (SSSR count). The van der Waals surface area contributed by atoms with Gasteiger partial charge in [-0.25, -0.2) is 4.79 Å². The monoisotopic (exact) mass is 306 g/mol. The molecular formula is C16H22N2O4. The SMILES string of the molecule is COC(=O)C(NC(=O)C(C)NC(=O)c1ccccc1)C(C)C. The van der Waals surface area contributed by atoms with Crippen molar-refractivity contribution in [3.63, 3.8) is 0 Å². The van der Waals surface area contributed by atoms with Gasteiger partial charge in [0.1, 0.15) is 12.1 Å². The van der Waals surface area contributed by atoms with Crippen LogP contribution in [-0.2, 0) is 14.3 Å². The van der Waals surface area contributed by atoms with Gasteiger partial charge in [0, 0.05) is 5.56 Å². The Labute approximate surface area is 130 Å². The van der Waals surface area contributed by atoms with Crippen LogP contribution < -0.4 is 10.6 Å². The minimum atomic E-state index is -0.765. The molecule has 22 heavy (non-hydrogen) atoms. The standard InChI is InChI=1S/C16H22N2O4/c1-10(2)13(16(21)22-4)18-14(19)11(3)17-15(20)12-8-6-5-7-9-12/h5-11,13H,1-4H3,(H,17,20)(H,18,19). The highest BCUT2D eigenvalue weighted by Gasteiger charge is 2.27. The lowest BCUT2D eigenvalue weighted by Gasteiger charge is -2.22. The second-order valence-corrected chi connectivity index (χ2v) is 5.31. The summed E-state index contributed by atoms with van der Waals surface area (Å²) in [7, 11) is 1.27. The fourth-order valence-corrected chi connectivity index (χ4v) is 1.84. The summed E-state index contributed by atoms with van der Waals surface area (Å²) in [6.07, 6.45) is 0. The van der Waals surface area contributed by atoms with E-state index in [1.54, 1.807) is 51.1 Å². The largest absolute Gasteiger partial charge is 0.467 e. The molecule has 2 atom stereocenters. The predicted molar refractivity (Wildman–Crippen MR) is 82.2 cm³/mol. The number of amides is 2. The van der Waals surface area contributed by atoms with Gasteiger partial charge in [-0.15, -0.1) is 0 Å². The third-order valence-corrected chi connectivity index (χ3v) is 3.20. The van der Waals surface area contributed by atoms with Crippen LogP contribution in [0.2, 0.25) is 0 Å². The van der Waals surface area contributed by atoms with Gasteiger partial charge in [-0.3, -0.25) is 9.59 Å². The van der Waals surface area contributed by atoms with Crippen LogP contribution in [0.1, 0.15) is 31.1 Å². The van der Waals surface area contributed by atoms with E-state index in [4.69, 9.17) is 0 Å². The lowest BCUT2D eigenvalue weighted by molar-refractivity contribution is -0.146. The summed E-state index contributed by atoms with van der Waals surface area (Å²) in [6.45, 7) is 5.16. The highest BCUT2D eigenvalue weighted by atomic mass is 16.5. The minimum absolute atomic E-state index is 0.117. The van der Waals surface area contributed by atoms with Crippen LogP contribution in [0.3, 0.4) is 0 Å². The Balaban J connectivity index is 2.65. The van der Waals surface area contributed by atoms with E-state index in [9.17, 15) is 14.4 Å². The number of hydrogen-bond donors (Lipinski definition) is 2. The Kier molecular flexibility index (Phi) is 6.56. The van der Waals surface area contributed by atoms with Gasteiger partial charge in [-0.1, -0.05) is 32.0 Å². The summed E-state index contributed by atoms with van der Waals surface area (Å²) in [4.78, 5) is 35.7. The van der Waals surface area contributed by atoms with E-state index >= 15 is 0 Å². The number of esters is 1. The van der Waals surface area contributed by atoms with Crippen LogP contribution in [0.4, 0.5) is 0 Å². The van der Waals surface area contributed by atoms with Gasteiger partial charge in [0.15, 0.2) is 0 Å². The van der Waals surface area contributed by atoms with Gasteiger partial charge in [-0.2, -0.15) is 0 Å². The molecule has 0 aliphatic carbocycles. The van der Waals surface area contributed by atoms with Crippen molar-refractivity contribution in [1.82, 2.24) is 10.6 Å². The summed E-state index contributed by atoms with van der Waals surface area (Å²) in [6, 6.07) is 7.09. The Hall–Kier alpha value is -2.37. The zero-order valence-corrected chi connectivity index (χ0v) is 13.3. The molecule has 0 spiro atoms. The minimum Gasteiger partial charge on any atom is -0.467 e. The van der Waals surface area contributed by atoms with Crippen molar-refractivity contribution in [2.45, 2.75) is 32.9 Å². The maximum Gasteiger partial charge on any atom is 0.328 e. The Bertz CT molecular complexity index is 528.